The lowest BCUT2D eigenvalue weighted by atomic mass is 10.4. The lowest BCUT2D eigenvalue weighted by Crippen LogP contribution is -2.32. The minimum absolute atomic E-state index is 0.0835. The van der Waals surface area contributed by atoms with Gasteiger partial charge in [-0.05, 0) is 135 Å². The third-order valence-corrected chi connectivity index (χ3v) is 8.29. The molecule has 9 amide bonds. The van der Waals surface area contributed by atoms with Crippen LogP contribution in [0.5, 0.6) is 0 Å². The first kappa shape index (κ1) is 121. The second kappa shape index (κ2) is 127. The molecular weight excluding hydrogens is 1320 g/mol. The summed E-state index contributed by atoms with van der Waals surface area (Å²) >= 11 is 31.1. The summed E-state index contributed by atoms with van der Waals surface area (Å²) in [4.78, 5) is 111. The summed E-state index contributed by atoms with van der Waals surface area (Å²) < 4.78 is 0. The monoisotopic (exact) mass is 1450 g/mol. The molecule has 0 aromatic carbocycles. The SMILES string of the molecule is CCN.CCN.CCN.CCN.CCN.CCN.CCN.CCNC(=O)CCS.CCNC(=O)CCS.CCNC(=O)CCS.CCNC(=O)CCS.CCNC(=O)CCS.CCNC(=O)CCS.CCNC(=O)CCS.O=C(CCS)ON1C(=O)CCC1=O. The molecule has 0 saturated carbocycles. The van der Waals surface area contributed by atoms with Crippen molar-refractivity contribution in [3.8, 4) is 0 Å². The second-order valence-electron chi connectivity index (χ2n) is 15.4. The molecule has 0 aromatic rings. The molecule has 21 N–H and O–H groups in total. The molecule has 0 atom stereocenters. The Kier molecular flexibility index (Phi) is 171. The average Bonchev–Trinajstić information content (AvgIpc) is 3.77. The van der Waals surface area contributed by atoms with E-state index in [9.17, 15) is 47.9 Å². The Morgan fingerprint density at radius 3 is 0.522 bits per heavy atom. The highest BCUT2D eigenvalue weighted by Crippen LogP contribution is 2.12. The molecule has 0 spiro atoms. The standard InChI is InChI=1S/C7H9NO4S.7C5H11NOS.7C2H7N/c9-5-1-2-6(10)8(5)12-7(11)3-4-13;7*1-2-6-5(7)3-4-8;7*1-2-3/h13H,1-4H2;7*8H,2-4H2,1H3,(H,6,7);7*2-3H2,1H3. The van der Waals surface area contributed by atoms with E-state index in [0.29, 0.717) is 142 Å². The Hall–Kier alpha value is -2.58. The van der Waals surface area contributed by atoms with Crippen molar-refractivity contribution in [1.29, 1.82) is 0 Å². The molecule has 90 heavy (non-hydrogen) atoms. The Bertz CT molecular complexity index is 1190. The van der Waals surface area contributed by atoms with Gasteiger partial charge in [-0.15, -0.1) is 5.06 Å². The molecule has 26 nitrogen and oxygen atoms in total. The van der Waals surface area contributed by atoms with Crippen LogP contribution in [0.1, 0.15) is 161 Å². The van der Waals surface area contributed by atoms with Crippen molar-refractivity contribution in [1.82, 2.24) is 42.3 Å². The summed E-state index contributed by atoms with van der Waals surface area (Å²) in [7, 11) is 0. The highest BCUT2D eigenvalue weighted by Gasteiger charge is 2.32. The average molecular weight is 1450 g/mol. The number of amides is 9. The molecule has 0 bridgehead atoms. The number of thiol groups is 8. The quantitative estimate of drug-likeness (QED) is 0.0488. The van der Waals surface area contributed by atoms with E-state index >= 15 is 0 Å². The molecule has 1 heterocycles. The summed E-state index contributed by atoms with van der Waals surface area (Å²) in [5.41, 5.74) is 33.9. The van der Waals surface area contributed by atoms with Gasteiger partial charge >= 0.3 is 5.97 Å². The van der Waals surface area contributed by atoms with Gasteiger partial charge in [0.25, 0.3) is 11.8 Å². The highest BCUT2D eigenvalue weighted by molar-refractivity contribution is 7.81. The van der Waals surface area contributed by atoms with E-state index in [1.807, 2.05) is 96.9 Å². The van der Waals surface area contributed by atoms with Gasteiger partial charge in [0, 0.05) is 109 Å². The summed E-state index contributed by atoms with van der Waals surface area (Å²) in [5, 5.41) is 19.1. The molecule has 1 aliphatic rings. The molecule has 1 aliphatic heterocycles. The normalized spacial score (nSPS) is 9.23. The topological polar surface area (TPSA) is 450 Å². The van der Waals surface area contributed by atoms with Crippen LogP contribution in [0.4, 0.5) is 0 Å². The fourth-order valence-corrected chi connectivity index (χ4v) is 5.21. The van der Waals surface area contributed by atoms with Crippen LogP contribution in [0.15, 0.2) is 0 Å². The van der Waals surface area contributed by atoms with E-state index in [0.717, 1.165) is 45.8 Å². The summed E-state index contributed by atoms with van der Waals surface area (Å²) in [6.07, 6.45) is 3.99. The van der Waals surface area contributed by atoms with Crippen molar-refractivity contribution in [3.63, 3.8) is 0 Å². The molecule has 34 heteroatoms. The number of nitrogens with two attached hydrogens (primary N) is 7. The highest BCUT2D eigenvalue weighted by atomic mass is 32.1. The van der Waals surface area contributed by atoms with Gasteiger partial charge < -0.3 is 82.2 Å². The predicted octanol–water partition coefficient (Wildman–Crippen LogP) is 2.77. The van der Waals surface area contributed by atoms with Gasteiger partial charge in [0.15, 0.2) is 0 Å². The smallest absolute Gasteiger partial charge is 0.334 e. The van der Waals surface area contributed by atoms with E-state index in [1.165, 1.54) is 0 Å². The fourth-order valence-electron chi connectivity index (χ4n) is 3.61. The molecule has 1 rings (SSSR count). The minimum Gasteiger partial charge on any atom is -0.356 e. The van der Waals surface area contributed by atoms with Crippen LogP contribution >= 0.6 is 101 Å². The maximum atomic E-state index is 10.9. The number of carbonyl (C=O) groups excluding carboxylic acids is 10. The van der Waals surface area contributed by atoms with Crippen LogP contribution < -0.4 is 77.4 Å². The van der Waals surface area contributed by atoms with E-state index in [2.05, 4.69) is 143 Å². The molecule has 0 radical (unpaired) electrons. The first-order valence-electron chi connectivity index (χ1n) is 30.4. The molecule has 0 unspecified atom stereocenters. The van der Waals surface area contributed by atoms with Crippen LogP contribution in [0.2, 0.25) is 0 Å². The van der Waals surface area contributed by atoms with Gasteiger partial charge in [-0.2, -0.15) is 101 Å². The summed E-state index contributed by atoms with van der Waals surface area (Å²) in [6, 6.07) is 0. The van der Waals surface area contributed by atoms with Gasteiger partial charge in [-0.1, -0.05) is 48.5 Å². The molecule has 0 aromatic heterocycles. The van der Waals surface area contributed by atoms with E-state index in [4.69, 9.17) is 40.1 Å². The van der Waals surface area contributed by atoms with E-state index in [-0.39, 0.29) is 60.6 Å². The largest absolute Gasteiger partial charge is 0.356 e. The Labute approximate surface area is 590 Å². The zero-order chi connectivity index (χ0) is 73.6. The predicted molar refractivity (Wildman–Crippen MR) is 409 cm³/mol. The first-order chi connectivity index (χ1) is 42.7. The Balaban J connectivity index is -0.0000000587. The van der Waals surface area contributed by atoms with Gasteiger partial charge in [0.1, 0.15) is 0 Å². The van der Waals surface area contributed by atoms with Gasteiger partial charge in [0.05, 0.1) is 6.42 Å². The van der Waals surface area contributed by atoms with Crippen LogP contribution in [0, 0.1) is 0 Å². The Morgan fingerprint density at radius 1 is 0.300 bits per heavy atom. The maximum absolute atomic E-state index is 10.9. The molecule has 1 saturated heterocycles. The van der Waals surface area contributed by atoms with E-state index < -0.39 is 17.8 Å². The number of hydroxylamine groups is 2. The van der Waals surface area contributed by atoms with Crippen molar-refractivity contribution in [2.45, 2.75) is 161 Å². The number of nitrogens with one attached hydrogen (secondary N) is 7. The Morgan fingerprint density at radius 2 is 0.422 bits per heavy atom. The van der Waals surface area contributed by atoms with Crippen molar-refractivity contribution in [2.75, 3.05) is 138 Å². The number of hydrogen-bond acceptors (Lipinski definition) is 26. The van der Waals surface area contributed by atoms with Gasteiger partial charge in [-0.3, -0.25) is 43.2 Å². The summed E-state index contributed by atoms with van der Waals surface area (Å²) in [6.45, 7) is 36.9. The molecule has 0 aliphatic carbocycles. The second-order valence-corrected chi connectivity index (χ2v) is 18.9. The zero-order valence-electron chi connectivity index (χ0n) is 57.7. The number of hydrogen-bond donors (Lipinski definition) is 22. The van der Waals surface area contributed by atoms with Crippen LogP contribution in [0.25, 0.3) is 0 Å². The minimum atomic E-state index is -0.612. The number of rotatable bonds is 24. The summed E-state index contributed by atoms with van der Waals surface area (Å²) in [5.74, 6) is 3.81. The number of nitrogens with zero attached hydrogens (tertiary/aromatic N) is 1. The van der Waals surface area contributed by atoms with E-state index in [1.54, 1.807) is 0 Å². The van der Waals surface area contributed by atoms with Gasteiger partial charge in [0.2, 0.25) is 41.4 Å². The third-order valence-electron chi connectivity index (χ3n) is 6.50. The van der Waals surface area contributed by atoms with Crippen LogP contribution in [-0.2, 0) is 52.8 Å². The molecular formula is C56H135N15O11S8. The van der Waals surface area contributed by atoms with Crippen molar-refractivity contribution in [3.05, 3.63) is 0 Å². The fraction of sp³-hybridized carbons (Fsp3) is 0.821. The maximum Gasteiger partial charge on any atom is 0.334 e. The van der Waals surface area contributed by atoms with Crippen molar-refractivity contribution < 1.29 is 52.8 Å². The first-order valence-corrected chi connectivity index (χ1v) is 35.5. The van der Waals surface area contributed by atoms with Crippen molar-refractivity contribution >= 4 is 160 Å². The third kappa shape index (κ3) is 172. The number of carbonyl (C=O) groups is 10. The molecule has 548 valence electrons. The lowest BCUT2D eigenvalue weighted by Gasteiger charge is -2.11. The van der Waals surface area contributed by atoms with Crippen LogP contribution in [0.3, 0.4) is 0 Å². The van der Waals surface area contributed by atoms with Crippen molar-refractivity contribution in [2.24, 2.45) is 40.1 Å². The van der Waals surface area contributed by atoms with Crippen LogP contribution in [-0.4, -0.2) is 202 Å². The zero-order valence-corrected chi connectivity index (χ0v) is 64.8. The number of imide groups is 1. The van der Waals surface area contributed by atoms with Gasteiger partial charge in [-0.25, -0.2) is 4.79 Å². The molecule has 1 fully saturated rings. The lowest BCUT2D eigenvalue weighted by molar-refractivity contribution is -0.197.